The highest BCUT2D eigenvalue weighted by Gasteiger charge is 2.29. The first-order valence-electron chi connectivity index (χ1n) is 6.09. The molecule has 1 heterocycles. The molecular formula is C12H20N2O4S. The quantitative estimate of drug-likeness (QED) is 0.834. The number of carboxylic acid groups (broad SMARTS) is 1. The third kappa shape index (κ3) is 3.57. The van der Waals surface area contributed by atoms with Crippen molar-refractivity contribution in [3.05, 3.63) is 18.0 Å². The zero-order valence-electron chi connectivity index (χ0n) is 11.5. The van der Waals surface area contributed by atoms with Crippen LogP contribution < -0.4 is 0 Å². The van der Waals surface area contributed by atoms with Crippen molar-refractivity contribution in [1.29, 1.82) is 0 Å². The number of carboxylic acids is 1. The fourth-order valence-corrected chi connectivity index (χ4v) is 3.52. The molecule has 0 aliphatic heterocycles. The number of rotatable bonds is 6. The molecule has 0 saturated carbocycles. The molecule has 1 aromatic rings. The summed E-state index contributed by atoms with van der Waals surface area (Å²) >= 11 is 0. The summed E-state index contributed by atoms with van der Waals surface area (Å²) in [6.45, 7) is 7.86. The third-order valence-corrected chi connectivity index (χ3v) is 4.63. The maximum atomic E-state index is 12.5. The first-order valence-corrected chi connectivity index (χ1v) is 7.53. The normalized spacial score (nSPS) is 12.6. The van der Waals surface area contributed by atoms with Crippen LogP contribution in [0.5, 0.6) is 0 Å². The predicted octanol–water partition coefficient (Wildman–Crippen LogP) is 1.77. The molecule has 2 N–H and O–H groups in total. The topological polar surface area (TPSA) is 90.5 Å². The van der Waals surface area contributed by atoms with Crippen LogP contribution in [0, 0.1) is 5.92 Å². The van der Waals surface area contributed by atoms with Crippen LogP contribution in [0.25, 0.3) is 0 Å². The second-order valence-corrected chi connectivity index (χ2v) is 7.01. The van der Waals surface area contributed by atoms with Gasteiger partial charge in [0.05, 0.1) is 0 Å². The average Bonchev–Trinajstić information content (AvgIpc) is 2.74. The van der Waals surface area contributed by atoms with Gasteiger partial charge < -0.3 is 10.1 Å². The molecule has 0 amide bonds. The zero-order chi connectivity index (χ0) is 14.8. The highest BCUT2D eigenvalue weighted by Crippen LogP contribution is 2.20. The molecule has 0 radical (unpaired) electrons. The fourth-order valence-electron chi connectivity index (χ4n) is 1.73. The largest absolute Gasteiger partial charge is 0.477 e. The van der Waals surface area contributed by atoms with E-state index in [1.54, 1.807) is 13.8 Å². The fraction of sp³-hybridized carbons (Fsp3) is 0.583. The Morgan fingerprint density at radius 3 is 2.32 bits per heavy atom. The summed E-state index contributed by atoms with van der Waals surface area (Å²) < 4.78 is 26.3. The molecule has 0 atom stereocenters. The third-order valence-electron chi connectivity index (χ3n) is 2.61. The van der Waals surface area contributed by atoms with Gasteiger partial charge in [0.15, 0.2) is 0 Å². The molecule has 1 aromatic heterocycles. The standard InChI is InChI=1S/C12H20N2O4S/c1-8(2)7-14(9(3)4)19(17,18)10-5-11(12(15)16)13-6-10/h5-6,8-9,13H,7H2,1-4H3,(H,15,16). The van der Waals surface area contributed by atoms with Gasteiger partial charge in [-0.15, -0.1) is 0 Å². The van der Waals surface area contributed by atoms with E-state index >= 15 is 0 Å². The van der Waals surface area contributed by atoms with Gasteiger partial charge in [-0.05, 0) is 25.8 Å². The van der Waals surface area contributed by atoms with Crippen molar-refractivity contribution < 1.29 is 18.3 Å². The van der Waals surface area contributed by atoms with E-state index in [-0.39, 0.29) is 22.5 Å². The number of aromatic carboxylic acids is 1. The second-order valence-electron chi connectivity index (χ2n) is 5.12. The lowest BCUT2D eigenvalue weighted by Crippen LogP contribution is -2.39. The van der Waals surface area contributed by atoms with Crippen molar-refractivity contribution in [3.63, 3.8) is 0 Å². The molecule has 108 valence electrons. The van der Waals surface area contributed by atoms with Gasteiger partial charge in [-0.1, -0.05) is 13.8 Å². The van der Waals surface area contributed by atoms with E-state index in [0.29, 0.717) is 6.54 Å². The van der Waals surface area contributed by atoms with Crippen molar-refractivity contribution in [2.24, 2.45) is 5.92 Å². The van der Waals surface area contributed by atoms with Crippen LogP contribution in [0.3, 0.4) is 0 Å². The number of aromatic amines is 1. The van der Waals surface area contributed by atoms with Gasteiger partial charge in [-0.3, -0.25) is 0 Å². The first-order chi connectivity index (χ1) is 8.66. The van der Waals surface area contributed by atoms with Crippen LogP contribution in [-0.4, -0.2) is 41.4 Å². The number of H-pyrrole nitrogens is 1. The van der Waals surface area contributed by atoms with Gasteiger partial charge in [-0.25, -0.2) is 13.2 Å². The molecule has 0 bridgehead atoms. The Hall–Kier alpha value is -1.34. The van der Waals surface area contributed by atoms with Gasteiger partial charge >= 0.3 is 5.97 Å². The maximum Gasteiger partial charge on any atom is 0.352 e. The summed E-state index contributed by atoms with van der Waals surface area (Å²) in [5, 5.41) is 8.82. The van der Waals surface area contributed by atoms with Gasteiger partial charge in [0, 0.05) is 18.8 Å². The Bertz CT molecular complexity index is 546. The van der Waals surface area contributed by atoms with E-state index in [4.69, 9.17) is 5.11 Å². The highest BCUT2D eigenvalue weighted by molar-refractivity contribution is 7.89. The van der Waals surface area contributed by atoms with Gasteiger partial charge in [-0.2, -0.15) is 4.31 Å². The molecule has 19 heavy (non-hydrogen) atoms. The lowest BCUT2D eigenvalue weighted by atomic mass is 10.2. The summed E-state index contributed by atoms with van der Waals surface area (Å²) in [6.07, 6.45) is 1.22. The minimum atomic E-state index is -3.67. The average molecular weight is 288 g/mol. The van der Waals surface area contributed by atoms with Crippen molar-refractivity contribution in [1.82, 2.24) is 9.29 Å². The molecule has 0 saturated heterocycles. The summed E-state index contributed by atoms with van der Waals surface area (Å²) in [4.78, 5) is 13.2. The molecule has 0 aliphatic carbocycles. The Morgan fingerprint density at radius 1 is 1.37 bits per heavy atom. The van der Waals surface area contributed by atoms with Crippen LogP contribution in [0.1, 0.15) is 38.2 Å². The number of hydrogen-bond donors (Lipinski definition) is 2. The van der Waals surface area contributed by atoms with Crippen LogP contribution in [0.2, 0.25) is 0 Å². The highest BCUT2D eigenvalue weighted by atomic mass is 32.2. The maximum absolute atomic E-state index is 12.5. The number of hydrogen-bond acceptors (Lipinski definition) is 3. The smallest absolute Gasteiger partial charge is 0.352 e. The Kier molecular flexibility index (Phi) is 4.75. The monoisotopic (exact) mass is 288 g/mol. The van der Waals surface area contributed by atoms with Crippen molar-refractivity contribution in [3.8, 4) is 0 Å². The summed E-state index contributed by atoms with van der Waals surface area (Å²) in [7, 11) is -3.67. The van der Waals surface area contributed by atoms with E-state index in [1.807, 2.05) is 13.8 Å². The lowest BCUT2D eigenvalue weighted by molar-refractivity contribution is 0.0691. The molecular weight excluding hydrogens is 268 g/mol. The van der Waals surface area contributed by atoms with E-state index < -0.39 is 16.0 Å². The van der Waals surface area contributed by atoms with Crippen molar-refractivity contribution in [2.75, 3.05) is 6.54 Å². The van der Waals surface area contributed by atoms with E-state index in [9.17, 15) is 13.2 Å². The Balaban J connectivity index is 3.15. The van der Waals surface area contributed by atoms with Gasteiger partial charge in [0.2, 0.25) is 10.0 Å². The number of sulfonamides is 1. The molecule has 0 aromatic carbocycles. The van der Waals surface area contributed by atoms with Gasteiger partial charge in [0.1, 0.15) is 10.6 Å². The molecule has 0 unspecified atom stereocenters. The van der Waals surface area contributed by atoms with Crippen molar-refractivity contribution in [2.45, 2.75) is 38.6 Å². The van der Waals surface area contributed by atoms with E-state index in [1.165, 1.54) is 10.5 Å². The lowest BCUT2D eigenvalue weighted by Gasteiger charge is -2.27. The van der Waals surface area contributed by atoms with E-state index in [0.717, 1.165) is 6.07 Å². The minimum Gasteiger partial charge on any atom is -0.477 e. The molecule has 0 aliphatic rings. The first kappa shape index (κ1) is 15.7. The summed E-state index contributed by atoms with van der Waals surface area (Å²) in [5.41, 5.74) is -0.133. The minimum absolute atomic E-state index is 0.0146. The SMILES string of the molecule is CC(C)CN(C(C)C)S(=O)(=O)c1c[nH]c(C(=O)O)c1. The number of nitrogens with one attached hydrogen (secondary N) is 1. The predicted molar refractivity (Wildman–Crippen MR) is 71.6 cm³/mol. The van der Waals surface area contributed by atoms with Crippen LogP contribution >= 0.6 is 0 Å². The summed E-state index contributed by atoms with van der Waals surface area (Å²) in [5.74, 6) is -0.989. The van der Waals surface area contributed by atoms with Crippen LogP contribution in [0.15, 0.2) is 17.2 Å². The number of nitrogens with zero attached hydrogens (tertiary/aromatic N) is 1. The Labute approximate surface area is 113 Å². The molecule has 7 heteroatoms. The molecule has 0 spiro atoms. The zero-order valence-corrected chi connectivity index (χ0v) is 12.4. The van der Waals surface area contributed by atoms with E-state index in [2.05, 4.69) is 4.98 Å². The Morgan fingerprint density at radius 2 is 1.95 bits per heavy atom. The second kappa shape index (κ2) is 5.75. The summed E-state index contributed by atoms with van der Waals surface area (Å²) in [6, 6.07) is 0.962. The number of carbonyl (C=O) groups is 1. The van der Waals surface area contributed by atoms with Crippen LogP contribution in [0.4, 0.5) is 0 Å². The van der Waals surface area contributed by atoms with Gasteiger partial charge in [0.25, 0.3) is 0 Å². The van der Waals surface area contributed by atoms with Crippen LogP contribution in [-0.2, 0) is 10.0 Å². The van der Waals surface area contributed by atoms with Crippen molar-refractivity contribution >= 4 is 16.0 Å². The molecule has 6 nitrogen and oxygen atoms in total. The molecule has 0 fully saturated rings. The molecule has 1 rings (SSSR count). The number of aromatic nitrogens is 1.